The first-order valence-electron chi connectivity index (χ1n) is 6.17. The summed E-state index contributed by atoms with van der Waals surface area (Å²) in [6.45, 7) is 0.124. The van der Waals surface area contributed by atoms with Gasteiger partial charge in [-0.05, 0) is 12.1 Å². The summed E-state index contributed by atoms with van der Waals surface area (Å²) in [5, 5.41) is 9.07. The molecule has 0 saturated heterocycles. The van der Waals surface area contributed by atoms with Crippen LogP contribution in [0.25, 0.3) is 0 Å². The molecule has 1 atom stereocenters. The number of nitrogens with one attached hydrogen (secondary N) is 2. The number of carbonyl (C=O) groups is 1. The van der Waals surface area contributed by atoms with Crippen LogP contribution < -0.4 is 20.5 Å². The molecular weight excluding hydrogens is 292 g/mol. The predicted molar refractivity (Wildman–Crippen MR) is 79.5 cm³/mol. The summed E-state index contributed by atoms with van der Waals surface area (Å²) >= 11 is 4.88. The number of benzene rings is 1. The van der Waals surface area contributed by atoms with Crippen molar-refractivity contribution in [3.05, 3.63) is 36.0 Å². The Labute approximate surface area is 125 Å². The van der Waals surface area contributed by atoms with E-state index in [2.05, 4.69) is 15.5 Å². The molecule has 2 aromatic rings. The van der Waals surface area contributed by atoms with Crippen LogP contribution in [0.5, 0.6) is 11.5 Å². The van der Waals surface area contributed by atoms with Gasteiger partial charge in [0.15, 0.2) is 11.5 Å². The average molecular weight is 304 g/mol. The summed E-state index contributed by atoms with van der Waals surface area (Å²) in [5.74, 6) is 1.12. The minimum absolute atomic E-state index is 0.124. The van der Waals surface area contributed by atoms with Gasteiger partial charge in [0, 0.05) is 0 Å². The van der Waals surface area contributed by atoms with Crippen molar-refractivity contribution in [1.82, 2.24) is 10.2 Å². The van der Waals surface area contributed by atoms with Gasteiger partial charge >= 0.3 is 0 Å². The third-order valence-corrected chi connectivity index (χ3v) is 3.17. The van der Waals surface area contributed by atoms with Crippen molar-refractivity contribution in [2.24, 2.45) is 5.73 Å². The van der Waals surface area contributed by atoms with Gasteiger partial charge in [-0.15, -0.1) is 0 Å². The van der Waals surface area contributed by atoms with E-state index >= 15 is 0 Å². The van der Waals surface area contributed by atoms with E-state index in [1.807, 2.05) is 12.1 Å². The number of carbonyl (C=O) groups excluding carboxylic acids is 1. The van der Waals surface area contributed by atoms with E-state index in [0.29, 0.717) is 22.9 Å². The Hall–Kier alpha value is -2.61. The Morgan fingerprint density at radius 1 is 1.43 bits per heavy atom. The maximum absolute atomic E-state index is 12.2. The molecule has 1 aliphatic rings. The molecule has 0 bridgehead atoms. The number of nitrogens with zero attached hydrogens (tertiary/aromatic N) is 1. The maximum atomic E-state index is 12.2. The van der Waals surface area contributed by atoms with E-state index in [4.69, 9.17) is 27.4 Å². The maximum Gasteiger partial charge on any atom is 0.270 e. The molecule has 0 saturated carbocycles. The quantitative estimate of drug-likeness (QED) is 0.726. The van der Waals surface area contributed by atoms with Crippen LogP contribution in [-0.2, 0) is 4.79 Å². The SMILES string of the molecule is NC(=S)c1cn[nH]c1NC(=O)C1COc2ccccc2O1. The zero-order chi connectivity index (χ0) is 14.8. The van der Waals surface area contributed by atoms with Crippen LogP contribution >= 0.6 is 12.2 Å². The van der Waals surface area contributed by atoms with Crippen LogP contribution in [0.3, 0.4) is 0 Å². The summed E-state index contributed by atoms with van der Waals surface area (Å²) in [6, 6.07) is 7.17. The van der Waals surface area contributed by atoms with Gasteiger partial charge in [0.2, 0.25) is 6.10 Å². The van der Waals surface area contributed by atoms with E-state index in [9.17, 15) is 4.79 Å². The fraction of sp³-hybridized carbons (Fsp3) is 0.154. The minimum Gasteiger partial charge on any atom is -0.485 e. The highest BCUT2D eigenvalue weighted by Crippen LogP contribution is 2.31. The molecule has 8 heteroatoms. The lowest BCUT2D eigenvalue weighted by Crippen LogP contribution is -2.40. The first-order valence-corrected chi connectivity index (χ1v) is 6.58. The van der Waals surface area contributed by atoms with Crippen molar-refractivity contribution in [3.8, 4) is 11.5 Å². The van der Waals surface area contributed by atoms with Gasteiger partial charge in [0.1, 0.15) is 17.4 Å². The molecule has 2 heterocycles. The number of rotatable bonds is 3. The van der Waals surface area contributed by atoms with E-state index in [-0.39, 0.29) is 17.5 Å². The molecule has 1 aromatic carbocycles. The molecule has 4 N–H and O–H groups in total. The fourth-order valence-electron chi connectivity index (χ4n) is 1.92. The van der Waals surface area contributed by atoms with Crippen LogP contribution in [0.2, 0.25) is 0 Å². The highest BCUT2D eigenvalue weighted by molar-refractivity contribution is 7.80. The molecule has 7 nitrogen and oxygen atoms in total. The average Bonchev–Trinajstić information content (AvgIpc) is 2.95. The summed E-state index contributed by atoms with van der Waals surface area (Å²) in [6.07, 6.45) is 0.688. The molecule has 1 amide bonds. The van der Waals surface area contributed by atoms with Gasteiger partial charge < -0.3 is 20.5 Å². The van der Waals surface area contributed by atoms with Crippen molar-refractivity contribution in [2.75, 3.05) is 11.9 Å². The van der Waals surface area contributed by atoms with Gasteiger partial charge in [-0.25, -0.2) is 0 Å². The summed E-state index contributed by atoms with van der Waals surface area (Å²) in [4.78, 5) is 12.3. The van der Waals surface area contributed by atoms with Crippen LogP contribution in [-0.4, -0.2) is 33.8 Å². The van der Waals surface area contributed by atoms with Crippen LogP contribution in [0.15, 0.2) is 30.5 Å². The molecule has 1 aromatic heterocycles. The monoisotopic (exact) mass is 304 g/mol. The molecule has 0 spiro atoms. The number of para-hydroxylation sites is 2. The fourth-order valence-corrected chi connectivity index (χ4v) is 2.08. The molecule has 21 heavy (non-hydrogen) atoms. The van der Waals surface area contributed by atoms with Gasteiger partial charge in [0.25, 0.3) is 5.91 Å². The number of thiocarbonyl (C=S) groups is 1. The van der Waals surface area contributed by atoms with Crippen LogP contribution in [0.4, 0.5) is 5.82 Å². The summed E-state index contributed by atoms with van der Waals surface area (Å²) in [5.41, 5.74) is 6.01. The lowest BCUT2D eigenvalue weighted by Gasteiger charge is -2.25. The molecule has 1 aliphatic heterocycles. The number of hydrogen-bond donors (Lipinski definition) is 3. The molecular formula is C13H12N4O3S. The van der Waals surface area contributed by atoms with Crippen molar-refractivity contribution >= 4 is 28.9 Å². The summed E-state index contributed by atoms with van der Waals surface area (Å²) in [7, 11) is 0. The lowest BCUT2D eigenvalue weighted by molar-refractivity contribution is -0.125. The summed E-state index contributed by atoms with van der Waals surface area (Å²) < 4.78 is 11.1. The van der Waals surface area contributed by atoms with Crippen LogP contribution in [0, 0.1) is 0 Å². The Balaban J connectivity index is 1.72. The number of anilines is 1. The highest BCUT2D eigenvalue weighted by atomic mass is 32.1. The molecule has 0 radical (unpaired) electrons. The second-order valence-electron chi connectivity index (χ2n) is 4.38. The Kier molecular flexibility index (Phi) is 3.44. The standard InChI is InChI=1S/C13H12N4O3S/c14-11(21)7-5-15-17-12(7)16-13(18)10-6-19-8-3-1-2-4-9(8)20-10/h1-5,10H,6H2,(H2,14,21)(H2,15,16,17,18). The number of aromatic amines is 1. The number of hydrogen-bond acceptors (Lipinski definition) is 5. The van der Waals surface area contributed by atoms with Gasteiger partial charge in [-0.3, -0.25) is 9.89 Å². The third kappa shape index (κ3) is 2.65. The Bertz CT molecular complexity index is 700. The number of H-pyrrole nitrogens is 1. The third-order valence-electron chi connectivity index (χ3n) is 2.95. The molecule has 3 rings (SSSR count). The number of nitrogens with two attached hydrogens (primary N) is 1. The van der Waals surface area contributed by atoms with Crippen LogP contribution in [0.1, 0.15) is 5.56 Å². The number of fused-ring (bicyclic) bond motifs is 1. The van der Waals surface area contributed by atoms with E-state index in [0.717, 1.165) is 0 Å². The second-order valence-corrected chi connectivity index (χ2v) is 4.82. The number of ether oxygens (including phenoxy) is 2. The molecule has 0 aliphatic carbocycles. The second kappa shape index (κ2) is 5.41. The largest absolute Gasteiger partial charge is 0.485 e. The number of aromatic nitrogens is 2. The molecule has 1 unspecified atom stereocenters. The molecule has 108 valence electrons. The predicted octanol–water partition coefficient (Wildman–Crippen LogP) is 0.822. The zero-order valence-corrected chi connectivity index (χ0v) is 11.6. The van der Waals surface area contributed by atoms with E-state index < -0.39 is 6.10 Å². The lowest BCUT2D eigenvalue weighted by atomic mass is 10.2. The van der Waals surface area contributed by atoms with Gasteiger partial charge in [-0.2, -0.15) is 5.10 Å². The molecule has 0 fully saturated rings. The highest BCUT2D eigenvalue weighted by Gasteiger charge is 2.28. The first kappa shape index (κ1) is 13.4. The smallest absolute Gasteiger partial charge is 0.270 e. The minimum atomic E-state index is -0.762. The van der Waals surface area contributed by atoms with Gasteiger partial charge in [0.05, 0.1) is 11.8 Å². The van der Waals surface area contributed by atoms with Crippen molar-refractivity contribution < 1.29 is 14.3 Å². The zero-order valence-electron chi connectivity index (χ0n) is 10.8. The Morgan fingerprint density at radius 3 is 2.95 bits per heavy atom. The number of amides is 1. The van der Waals surface area contributed by atoms with Crippen molar-refractivity contribution in [3.63, 3.8) is 0 Å². The Morgan fingerprint density at radius 2 is 2.19 bits per heavy atom. The van der Waals surface area contributed by atoms with E-state index in [1.54, 1.807) is 12.1 Å². The first-order chi connectivity index (χ1) is 10.1. The normalized spacial score (nSPS) is 16.3. The topological polar surface area (TPSA) is 102 Å². The van der Waals surface area contributed by atoms with Crippen molar-refractivity contribution in [2.45, 2.75) is 6.10 Å². The van der Waals surface area contributed by atoms with E-state index in [1.165, 1.54) is 6.20 Å². The van der Waals surface area contributed by atoms with Crippen molar-refractivity contribution in [1.29, 1.82) is 0 Å². The van der Waals surface area contributed by atoms with Gasteiger partial charge in [-0.1, -0.05) is 24.4 Å².